The number of rotatable bonds is 0. The lowest BCUT2D eigenvalue weighted by atomic mass is 10.00. The predicted molar refractivity (Wildman–Crippen MR) is 43.8 cm³/mol. The van der Waals surface area contributed by atoms with Gasteiger partial charge in [0.05, 0.1) is 17.5 Å². The average Bonchev–Trinajstić information content (AvgIpc) is 2.07. The molecule has 0 radical (unpaired) electrons. The average molecular weight is 159 g/mol. The molecule has 0 unspecified atom stereocenters. The van der Waals surface area contributed by atoms with E-state index in [1.807, 2.05) is 0 Å². The largest absolute Gasteiger partial charge is 0.289 e. The van der Waals surface area contributed by atoms with Crippen molar-refractivity contribution in [2.75, 3.05) is 0 Å². The minimum Gasteiger partial charge on any atom is -0.289 e. The van der Waals surface area contributed by atoms with Gasteiger partial charge in [-0.3, -0.25) is 14.6 Å². The standard InChI is InChI=1S/C9H5NO2/c11-6-4-7-8(10-5-6)2-1-3-9(7)12/h1-5H. The number of fused-ring (bicyclic) bond motifs is 1. The Hall–Kier alpha value is -1.77. The Morgan fingerprint density at radius 1 is 1.25 bits per heavy atom. The summed E-state index contributed by atoms with van der Waals surface area (Å²) in [5, 5.41) is 0. The number of hydrogen-bond donors (Lipinski definition) is 0. The summed E-state index contributed by atoms with van der Waals surface area (Å²) in [7, 11) is 0. The fourth-order valence-electron chi connectivity index (χ4n) is 1.10. The molecular weight excluding hydrogens is 154 g/mol. The van der Waals surface area contributed by atoms with E-state index in [-0.39, 0.29) is 11.6 Å². The van der Waals surface area contributed by atoms with Gasteiger partial charge in [-0.15, -0.1) is 0 Å². The molecular formula is C9H5NO2. The van der Waals surface area contributed by atoms with E-state index in [0.717, 1.165) is 0 Å². The molecule has 1 aliphatic carbocycles. The highest BCUT2D eigenvalue weighted by Gasteiger charge is 2.18. The van der Waals surface area contributed by atoms with Crippen LogP contribution in [0.15, 0.2) is 40.6 Å². The molecule has 0 aromatic rings. The van der Waals surface area contributed by atoms with E-state index < -0.39 is 0 Å². The molecule has 0 saturated heterocycles. The van der Waals surface area contributed by atoms with Gasteiger partial charge in [-0.2, -0.15) is 0 Å². The van der Waals surface area contributed by atoms with Gasteiger partial charge in [0, 0.05) is 6.08 Å². The summed E-state index contributed by atoms with van der Waals surface area (Å²) in [4.78, 5) is 25.8. The van der Waals surface area contributed by atoms with E-state index in [4.69, 9.17) is 0 Å². The predicted octanol–water partition coefficient (Wildman–Crippen LogP) is 0.589. The normalized spacial score (nSPS) is 20.3. The SMILES string of the molecule is O=C1C=NC2=CC=CC(=O)C2=C1. The first-order chi connectivity index (χ1) is 5.77. The number of carbonyl (C=O) groups excluding carboxylic acids is 2. The van der Waals surface area contributed by atoms with Crippen LogP contribution in [0.25, 0.3) is 0 Å². The number of carbonyl (C=O) groups is 2. The smallest absolute Gasteiger partial charge is 0.197 e. The molecule has 0 saturated carbocycles. The van der Waals surface area contributed by atoms with E-state index in [2.05, 4.69) is 4.99 Å². The molecule has 3 nitrogen and oxygen atoms in total. The monoisotopic (exact) mass is 159 g/mol. The molecule has 0 atom stereocenters. The van der Waals surface area contributed by atoms with Crippen LogP contribution in [0.4, 0.5) is 0 Å². The summed E-state index contributed by atoms with van der Waals surface area (Å²) >= 11 is 0. The zero-order chi connectivity index (χ0) is 8.55. The van der Waals surface area contributed by atoms with Gasteiger partial charge >= 0.3 is 0 Å². The molecule has 2 aliphatic rings. The Labute approximate surface area is 68.8 Å². The fourth-order valence-corrected chi connectivity index (χ4v) is 1.10. The summed E-state index contributed by atoms with van der Waals surface area (Å²) in [6.45, 7) is 0. The summed E-state index contributed by atoms with van der Waals surface area (Å²) in [5.41, 5.74) is 0.965. The van der Waals surface area contributed by atoms with Crippen LogP contribution in [0.3, 0.4) is 0 Å². The first kappa shape index (κ1) is 6.91. The van der Waals surface area contributed by atoms with Crippen molar-refractivity contribution in [1.29, 1.82) is 0 Å². The second-order valence-corrected chi connectivity index (χ2v) is 2.49. The third-order valence-corrected chi connectivity index (χ3v) is 1.66. The Morgan fingerprint density at radius 3 is 2.92 bits per heavy atom. The second kappa shape index (κ2) is 2.37. The molecule has 0 amide bonds. The maximum absolute atomic E-state index is 11.2. The zero-order valence-corrected chi connectivity index (χ0v) is 6.15. The molecule has 0 fully saturated rings. The molecule has 2 rings (SSSR count). The topological polar surface area (TPSA) is 46.5 Å². The highest BCUT2D eigenvalue weighted by atomic mass is 16.1. The molecule has 1 aliphatic heterocycles. The molecule has 0 aromatic heterocycles. The Morgan fingerprint density at radius 2 is 2.08 bits per heavy atom. The highest BCUT2D eigenvalue weighted by molar-refractivity contribution is 6.36. The number of allylic oxidation sites excluding steroid dienone is 5. The van der Waals surface area contributed by atoms with Crippen LogP contribution in [0, 0.1) is 0 Å². The molecule has 0 N–H and O–H groups in total. The lowest BCUT2D eigenvalue weighted by Crippen LogP contribution is -2.12. The van der Waals surface area contributed by atoms with Crippen LogP contribution in [0.2, 0.25) is 0 Å². The molecule has 0 aromatic carbocycles. The van der Waals surface area contributed by atoms with Crippen molar-refractivity contribution in [3.8, 4) is 0 Å². The Bertz CT molecular complexity index is 383. The van der Waals surface area contributed by atoms with Crippen LogP contribution in [-0.4, -0.2) is 17.8 Å². The van der Waals surface area contributed by atoms with E-state index in [9.17, 15) is 9.59 Å². The minimum atomic E-state index is -0.231. The molecule has 58 valence electrons. The summed E-state index contributed by atoms with van der Waals surface area (Å²) in [6.07, 6.45) is 7.27. The van der Waals surface area contributed by atoms with Crippen LogP contribution >= 0.6 is 0 Å². The van der Waals surface area contributed by atoms with Gasteiger partial charge in [0.2, 0.25) is 0 Å². The van der Waals surface area contributed by atoms with Crippen molar-refractivity contribution >= 4 is 17.8 Å². The molecule has 12 heavy (non-hydrogen) atoms. The maximum atomic E-state index is 11.2. The van der Waals surface area contributed by atoms with E-state index in [1.165, 1.54) is 18.4 Å². The first-order valence-electron chi connectivity index (χ1n) is 3.50. The van der Waals surface area contributed by atoms with Gasteiger partial charge in [-0.25, -0.2) is 0 Å². The van der Waals surface area contributed by atoms with E-state index >= 15 is 0 Å². The van der Waals surface area contributed by atoms with Crippen LogP contribution in [-0.2, 0) is 9.59 Å². The first-order valence-corrected chi connectivity index (χ1v) is 3.50. The van der Waals surface area contributed by atoms with Crippen LogP contribution in [0.5, 0.6) is 0 Å². The second-order valence-electron chi connectivity index (χ2n) is 2.49. The van der Waals surface area contributed by atoms with Gasteiger partial charge < -0.3 is 0 Å². The van der Waals surface area contributed by atoms with Gasteiger partial charge in [0.15, 0.2) is 11.6 Å². The fraction of sp³-hybridized carbons (Fsp3) is 0. The van der Waals surface area contributed by atoms with Gasteiger partial charge in [0.1, 0.15) is 0 Å². The van der Waals surface area contributed by atoms with Crippen molar-refractivity contribution in [2.45, 2.75) is 0 Å². The maximum Gasteiger partial charge on any atom is 0.197 e. The van der Waals surface area contributed by atoms with Gasteiger partial charge in [-0.1, -0.05) is 6.08 Å². The molecule has 1 heterocycles. The number of nitrogens with zero attached hydrogens (tertiary/aromatic N) is 1. The number of dihydropyridines is 1. The van der Waals surface area contributed by atoms with Crippen LogP contribution < -0.4 is 0 Å². The third kappa shape index (κ3) is 0.955. The quantitative estimate of drug-likeness (QED) is 0.519. The lowest BCUT2D eigenvalue weighted by Gasteiger charge is -2.09. The van der Waals surface area contributed by atoms with Crippen molar-refractivity contribution in [3.63, 3.8) is 0 Å². The Balaban J connectivity index is 2.53. The molecule has 3 heteroatoms. The van der Waals surface area contributed by atoms with Crippen molar-refractivity contribution in [2.24, 2.45) is 4.99 Å². The Kier molecular flexibility index (Phi) is 1.37. The van der Waals surface area contributed by atoms with Crippen LogP contribution in [0.1, 0.15) is 0 Å². The number of ketones is 2. The van der Waals surface area contributed by atoms with E-state index in [0.29, 0.717) is 11.3 Å². The molecule has 0 spiro atoms. The third-order valence-electron chi connectivity index (χ3n) is 1.66. The summed E-state index contributed by atoms with van der Waals surface area (Å²) < 4.78 is 0. The summed E-state index contributed by atoms with van der Waals surface area (Å²) in [5.74, 6) is -0.386. The lowest BCUT2D eigenvalue weighted by molar-refractivity contribution is -0.112. The van der Waals surface area contributed by atoms with Crippen molar-refractivity contribution in [3.05, 3.63) is 35.6 Å². The van der Waals surface area contributed by atoms with Crippen molar-refractivity contribution < 1.29 is 9.59 Å². The van der Waals surface area contributed by atoms with E-state index in [1.54, 1.807) is 12.2 Å². The highest BCUT2D eigenvalue weighted by Crippen LogP contribution is 2.19. The minimum absolute atomic E-state index is 0.155. The zero-order valence-electron chi connectivity index (χ0n) is 6.15. The van der Waals surface area contributed by atoms with Gasteiger partial charge in [0.25, 0.3) is 0 Å². The van der Waals surface area contributed by atoms with Gasteiger partial charge in [-0.05, 0) is 12.2 Å². The van der Waals surface area contributed by atoms with Crippen molar-refractivity contribution in [1.82, 2.24) is 0 Å². The number of aliphatic imine (C=N–C) groups is 1. The number of hydrogen-bond acceptors (Lipinski definition) is 3. The summed E-state index contributed by atoms with van der Waals surface area (Å²) in [6, 6.07) is 0. The molecule has 0 bridgehead atoms.